The molecule has 1 heterocycles. The number of aromatic amines is 1. The van der Waals surface area contributed by atoms with Crippen LogP contribution in [0.1, 0.15) is 18.9 Å². The summed E-state index contributed by atoms with van der Waals surface area (Å²) in [6.07, 6.45) is 1.68. The number of aliphatic hydroxyl groups is 3. The predicted octanol–water partition coefficient (Wildman–Crippen LogP) is -4.29. The van der Waals surface area contributed by atoms with E-state index in [9.17, 15) is 54.0 Å². The van der Waals surface area contributed by atoms with Gasteiger partial charge in [0, 0.05) is 29.3 Å². The highest BCUT2D eigenvalue weighted by Crippen LogP contribution is 2.19. The summed E-state index contributed by atoms with van der Waals surface area (Å²) in [7, 11) is 0. The van der Waals surface area contributed by atoms with Crippen LogP contribution in [-0.4, -0.2) is 147 Å². The maximum absolute atomic E-state index is 13.5. The number of nitrogens with two attached hydrogens (primary N) is 1. The zero-order valence-electron chi connectivity index (χ0n) is 28.5. The summed E-state index contributed by atoms with van der Waals surface area (Å²) in [4.78, 5) is 92.0. The van der Waals surface area contributed by atoms with Gasteiger partial charge < -0.3 is 63.0 Å². The highest BCUT2D eigenvalue weighted by molar-refractivity contribution is 7.98. The molecule has 1 aromatic carbocycles. The molecule has 0 bridgehead atoms. The number of carbonyl (C=O) groups is 7. The van der Waals surface area contributed by atoms with Gasteiger partial charge in [-0.25, -0.2) is 4.79 Å². The summed E-state index contributed by atoms with van der Waals surface area (Å²) in [5.41, 5.74) is 6.83. The Kier molecular flexibility index (Phi) is 18.4. The van der Waals surface area contributed by atoms with E-state index in [1.807, 2.05) is 0 Å². The molecule has 2 rings (SSSR count). The molecular formula is C31H46N8O11S2. The van der Waals surface area contributed by atoms with E-state index in [1.165, 1.54) is 11.8 Å². The van der Waals surface area contributed by atoms with Crippen molar-refractivity contribution in [3.05, 3.63) is 36.0 Å². The Morgan fingerprint density at radius 2 is 1.44 bits per heavy atom. The summed E-state index contributed by atoms with van der Waals surface area (Å²) in [5, 5.41) is 53.8. The minimum Gasteiger partial charge on any atom is -0.480 e. The third kappa shape index (κ3) is 13.3. The van der Waals surface area contributed by atoms with Crippen molar-refractivity contribution in [1.29, 1.82) is 0 Å². The standard InChI is InChI=1S/C31H46N8O11S2/c1-15(42)25(30(48)36-21(28(46)38-23(13-41)31(49)50)9-16-10-33-19-6-4-3-5-17(16)19)39-29(47)22(12-40)37-27(45)20(7-8-52-2)35-24(43)11-34-26(44)18(32)14-51/h3-6,10,15,18,20-23,25,33,40-42,51H,7-9,11-14,32H2,1-2H3,(H,34,44)(H,35,43)(H,36,48)(H,37,45)(H,38,46)(H,39,47)(H,49,50)/t15-,18+,20+,21+,22+,23+,25+/m1/s1. The molecule has 0 spiro atoms. The molecule has 1 aromatic heterocycles. The van der Waals surface area contributed by atoms with Crippen LogP contribution in [0, 0.1) is 0 Å². The molecule has 0 saturated carbocycles. The number of thiol groups is 1. The van der Waals surface area contributed by atoms with Gasteiger partial charge in [-0.15, -0.1) is 0 Å². The van der Waals surface area contributed by atoms with Crippen LogP contribution in [-0.2, 0) is 40.0 Å². The Hall–Kier alpha value is -4.41. The van der Waals surface area contributed by atoms with Gasteiger partial charge in [0.2, 0.25) is 35.4 Å². The van der Waals surface area contributed by atoms with Gasteiger partial charge in [-0.2, -0.15) is 24.4 Å². The monoisotopic (exact) mass is 770 g/mol. The Morgan fingerprint density at radius 3 is 2.04 bits per heavy atom. The molecule has 52 heavy (non-hydrogen) atoms. The molecule has 0 saturated heterocycles. The molecule has 0 fully saturated rings. The van der Waals surface area contributed by atoms with Crippen molar-refractivity contribution in [3.8, 4) is 0 Å². The number of H-pyrrole nitrogens is 1. The second-order valence-corrected chi connectivity index (χ2v) is 12.9. The van der Waals surface area contributed by atoms with E-state index in [4.69, 9.17) is 5.73 Å². The maximum atomic E-state index is 13.5. The average molecular weight is 771 g/mol. The number of carbonyl (C=O) groups excluding carboxylic acids is 6. The van der Waals surface area contributed by atoms with E-state index in [1.54, 1.807) is 36.7 Å². The zero-order chi connectivity index (χ0) is 39.0. The van der Waals surface area contributed by atoms with E-state index >= 15 is 0 Å². The molecule has 13 N–H and O–H groups in total. The molecule has 2 aromatic rings. The van der Waals surface area contributed by atoms with Crippen molar-refractivity contribution in [2.75, 3.05) is 37.5 Å². The Morgan fingerprint density at radius 1 is 0.846 bits per heavy atom. The summed E-state index contributed by atoms with van der Waals surface area (Å²) in [6.45, 7) is -1.25. The highest BCUT2D eigenvalue weighted by atomic mass is 32.2. The lowest BCUT2D eigenvalue weighted by molar-refractivity contribution is -0.143. The zero-order valence-corrected chi connectivity index (χ0v) is 30.2. The van der Waals surface area contributed by atoms with E-state index in [0.29, 0.717) is 22.2 Å². The first-order valence-electron chi connectivity index (χ1n) is 16.0. The smallest absolute Gasteiger partial charge is 0.328 e. The number of fused-ring (bicyclic) bond motifs is 1. The maximum Gasteiger partial charge on any atom is 0.328 e. The number of carboxylic acids is 1. The average Bonchev–Trinajstić information content (AvgIpc) is 3.53. The van der Waals surface area contributed by atoms with Crippen LogP contribution >= 0.6 is 24.4 Å². The number of aromatic nitrogens is 1. The van der Waals surface area contributed by atoms with Crippen molar-refractivity contribution >= 4 is 76.7 Å². The first-order valence-corrected chi connectivity index (χ1v) is 18.0. The third-order valence-corrected chi connectivity index (χ3v) is 8.66. The molecule has 0 aliphatic heterocycles. The third-order valence-electron chi connectivity index (χ3n) is 7.63. The fraction of sp³-hybridized carbons (Fsp3) is 0.516. The number of nitrogens with one attached hydrogen (secondary N) is 7. The number of hydrogen-bond acceptors (Lipinski definition) is 13. The minimum atomic E-state index is -1.75. The van der Waals surface area contributed by atoms with Crippen LogP contribution in [0.15, 0.2) is 30.5 Å². The quantitative estimate of drug-likeness (QED) is 0.0505. The highest BCUT2D eigenvalue weighted by Gasteiger charge is 2.34. The number of carboxylic acid groups (broad SMARTS) is 1. The molecule has 0 unspecified atom stereocenters. The van der Waals surface area contributed by atoms with Crippen LogP contribution in [0.4, 0.5) is 0 Å². The fourth-order valence-corrected chi connectivity index (χ4v) is 5.34. The van der Waals surface area contributed by atoms with E-state index in [0.717, 1.165) is 6.92 Å². The number of aliphatic carboxylic acids is 1. The first-order chi connectivity index (χ1) is 24.7. The van der Waals surface area contributed by atoms with Crippen LogP contribution < -0.4 is 37.6 Å². The molecular weight excluding hydrogens is 725 g/mol. The molecule has 288 valence electrons. The van der Waals surface area contributed by atoms with Crippen molar-refractivity contribution < 1.29 is 54.0 Å². The second kappa shape index (κ2) is 21.8. The van der Waals surface area contributed by atoms with Gasteiger partial charge in [-0.3, -0.25) is 28.8 Å². The van der Waals surface area contributed by atoms with E-state index < -0.39 is 104 Å². The SMILES string of the molecule is CSCC[C@H](NC(=O)CNC(=O)[C@@H](N)CS)C(=O)N[C@@H](CO)C(=O)N[C@H](C(=O)N[C@@H](Cc1c[nH]c2ccccc12)C(=O)N[C@@H](CO)C(=O)O)[C@@H](C)O. The van der Waals surface area contributed by atoms with Gasteiger partial charge in [0.05, 0.1) is 31.9 Å². The second-order valence-electron chi connectivity index (χ2n) is 11.6. The predicted molar refractivity (Wildman–Crippen MR) is 193 cm³/mol. The Bertz CT molecular complexity index is 1560. The number of para-hydroxylation sites is 1. The van der Waals surface area contributed by atoms with Crippen LogP contribution in [0.5, 0.6) is 0 Å². The van der Waals surface area contributed by atoms with Crippen LogP contribution in [0.2, 0.25) is 0 Å². The van der Waals surface area contributed by atoms with E-state index in [-0.39, 0.29) is 18.6 Å². The van der Waals surface area contributed by atoms with Gasteiger partial charge in [-0.1, -0.05) is 18.2 Å². The Labute approximate surface area is 308 Å². The lowest BCUT2D eigenvalue weighted by Gasteiger charge is -2.27. The number of amides is 6. The van der Waals surface area contributed by atoms with Crippen molar-refractivity contribution in [3.63, 3.8) is 0 Å². The lowest BCUT2D eigenvalue weighted by atomic mass is 10.0. The number of rotatable bonds is 22. The van der Waals surface area contributed by atoms with E-state index in [2.05, 4.69) is 49.5 Å². The number of thioether (sulfide) groups is 1. The molecule has 0 aliphatic carbocycles. The first kappa shape index (κ1) is 43.8. The molecule has 19 nitrogen and oxygen atoms in total. The summed E-state index contributed by atoms with van der Waals surface area (Å²) in [5.74, 6) is -6.52. The lowest BCUT2D eigenvalue weighted by Crippen LogP contribution is -2.62. The van der Waals surface area contributed by atoms with Crippen LogP contribution in [0.25, 0.3) is 10.9 Å². The van der Waals surface area contributed by atoms with Gasteiger partial charge in [-0.05, 0) is 37.0 Å². The number of hydrogen-bond donors (Lipinski definition) is 13. The molecule has 7 atom stereocenters. The fourth-order valence-electron chi connectivity index (χ4n) is 4.71. The van der Waals surface area contributed by atoms with Gasteiger partial charge in [0.1, 0.15) is 30.2 Å². The van der Waals surface area contributed by atoms with Crippen LogP contribution in [0.3, 0.4) is 0 Å². The summed E-state index contributed by atoms with van der Waals surface area (Å²) >= 11 is 5.28. The normalized spacial score (nSPS) is 15.1. The summed E-state index contributed by atoms with van der Waals surface area (Å²) < 4.78 is 0. The topological polar surface area (TPSA) is 314 Å². The number of benzene rings is 1. The largest absolute Gasteiger partial charge is 0.480 e. The molecule has 21 heteroatoms. The van der Waals surface area contributed by atoms with Crippen molar-refractivity contribution in [2.45, 2.75) is 62.1 Å². The molecule has 0 aliphatic rings. The minimum absolute atomic E-state index is 0.0349. The molecule has 6 amide bonds. The summed E-state index contributed by atoms with van der Waals surface area (Å²) in [6, 6.07) is -1.70. The number of aliphatic hydroxyl groups excluding tert-OH is 3. The van der Waals surface area contributed by atoms with Gasteiger partial charge in [0.25, 0.3) is 0 Å². The Balaban J connectivity index is 2.21. The van der Waals surface area contributed by atoms with Gasteiger partial charge in [0.15, 0.2) is 0 Å². The molecule has 0 radical (unpaired) electrons. The van der Waals surface area contributed by atoms with Gasteiger partial charge >= 0.3 is 5.97 Å². The van der Waals surface area contributed by atoms with Crippen molar-refractivity contribution in [1.82, 2.24) is 36.9 Å². The van der Waals surface area contributed by atoms with Crippen molar-refractivity contribution in [2.24, 2.45) is 5.73 Å².